The minimum absolute atomic E-state index is 0.0489. The number of halogens is 1. The van der Waals surface area contributed by atoms with E-state index in [0.717, 1.165) is 22.0 Å². The molecule has 1 aromatic carbocycles. The summed E-state index contributed by atoms with van der Waals surface area (Å²) in [6.45, 7) is 0. The van der Waals surface area contributed by atoms with Crippen LogP contribution in [0.3, 0.4) is 0 Å². The summed E-state index contributed by atoms with van der Waals surface area (Å²) in [5, 5.41) is 20.7. The number of aromatic nitrogens is 2. The average molecular weight is 498 g/mol. The highest BCUT2D eigenvalue weighted by molar-refractivity contribution is 8.01. The molecule has 170 valence electrons. The Bertz CT molecular complexity index is 1190. The molecule has 2 aliphatic carbocycles. The number of hydrogen-bond acceptors (Lipinski definition) is 8. The lowest BCUT2D eigenvalue weighted by molar-refractivity contribution is -0.116. The van der Waals surface area contributed by atoms with Crippen molar-refractivity contribution in [1.82, 2.24) is 10.2 Å². The second-order valence-corrected chi connectivity index (χ2v) is 11.5. The van der Waals surface area contributed by atoms with E-state index in [9.17, 15) is 10.1 Å². The first-order valence-corrected chi connectivity index (χ1v) is 13.4. The molecule has 1 unspecified atom stereocenters. The quantitative estimate of drug-likeness (QED) is 0.559. The van der Waals surface area contributed by atoms with Crippen LogP contribution in [0, 0.1) is 11.3 Å². The van der Waals surface area contributed by atoms with Gasteiger partial charge in [0.15, 0.2) is 10.1 Å². The molecular formula is C24H24ClN5OS2. The SMILES string of the molecule is N#CC1=C(N)N(c2nnc(SC3CCCCC3)s2)C2=C(C(=O)CCC2)C1c1cccc(Cl)c1. The molecule has 9 heteroatoms. The van der Waals surface area contributed by atoms with E-state index in [4.69, 9.17) is 17.3 Å². The zero-order chi connectivity index (χ0) is 22.9. The number of rotatable bonds is 4. The summed E-state index contributed by atoms with van der Waals surface area (Å²) < 4.78 is 0.907. The zero-order valence-corrected chi connectivity index (χ0v) is 20.5. The lowest BCUT2D eigenvalue weighted by Gasteiger charge is -2.38. The highest BCUT2D eigenvalue weighted by atomic mass is 35.5. The van der Waals surface area contributed by atoms with Crippen molar-refractivity contribution in [1.29, 1.82) is 5.26 Å². The maximum atomic E-state index is 13.2. The maximum Gasteiger partial charge on any atom is 0.219 e. The van der Waals surface area contributed by atoms with Gasteiger partial charge in [0, 0.05) is 28.0 Å². The molecule has 2 aromatic rings. The van der Waals surface area contributed by atoms with E-state index in [-0.39, 0.29) is 5.78 Å². The summed E-state index contributed by atoms with van der Waals surface area (Å²) in [7, 11) is 0. The molecule has 1 fully saturated rings. The van der Waals surface area contributed by atoms with Crippen molar-refractivity contribution < 1.29 is 4.79 Å². The van der Waals surface area contributed by atoms with Crippen molar-refractivity contribution in [3.8, 4) is 6.07 Å². The first-order valence-electron chi connectivity index (χ1n) is 11.3. The molecule has 0 spiro atoms. The first kappa shape index (κ1) is 22.5. The number of carbonyl (C=O) groups is 1. The molecule has 2 N–H and O–H groups in total. The number of anilines is 1. The van der Waals surface area contributed by atoms with Gasteiger partial charge < -0.3 is 5.73 Å². The second kappa shape index (κ2) is 9.49. The normalized spacial score (nSPS) is 21.9. The number of thioether (sulfide) groups is 1. The zero-order valence-electron chi connectivity index (χ0n) is 18.1. The van der Waals surface area contributed by atoms with Gasteiger partial charge in [0.2, 0.25) is 5.13 Å². The number of nitrogens with zero attached hydrogens (tertiary/aromatic N) is 4. The smallest absolute Gasteiger partial charge is 0.219 e. The topological polar surface area (TPSA) is 95.9 Å². The highest BCUT2D eigenvalue weighted by Gasteiger charge is 2.41. The molecule has 1 atom stereocenters. The Labute approximate surface area is 206 Å². The summed E-state index contributed by atoms with van der Waals surface area (Å²) in [6.07, 6.45) is 8.14. The fraction of sp³-hybridized carbons (Fsp3) is 0.417. The van der Waals surface area contributed by atoms with E-state index in [1.54, 1.807) is 22.7 Å². The van der Waals surface area contributed by atoms with Gasteiger partial charge in [0.25, 0.3) is 0 Å². The Kier molecular flexibility index (Phi) is 6.46. The van der Waals surface area contributed by atoms with E-state index in [1.807, 2.05) is 18.2 Å². The Balaban J connectivity index is 1.57. The third-order valence-electron chi connectivity index (χ3n) is 6.50. The number of carbonyl (C=O) groups excluding carboxylic acids is 1. The summed E-state index contributed by atoms with van der Waals surface area (Å²) in [5.74, 6) is -0.147. The largest absolute Gasteiger partial charge is 0.384 e. The molecule has 1 aliphatic heterocycles. The van der Waals surface area contributed by atoms with Crippen molar-refractivity contribution >= 4 is 45.6 Å². The molecule has 0 amide bonds. The van der Waals surface area contributed by atoms with Crippen molar-refractivity contribution in [3.63, 3.8) is 0 Å². The molecule has 33 heavy (non-hydrogen) atoms. The van der Waals surface area contributed by atoms with Gasteiger partial charge >= 0.3 is 0 Å². The van der Waals surface area contributed by atoms with E-state index < -0.39 is 5.92 Å². The van der Waals surface area contributed by atoms with Gasteiger partial charge in [-0.15, -0.1) is 10.2 Å². The number of nitrogens with two attached hydrogens (primary N) is 1. The molecule has 2 heterocycles. The van der Waals surface area contributed by atoms with Crippen LogP contribution in [-0.4, -0.2) is 21.2 Å². The number of benzene rings is 1. The number of allylic oxidation sites excluding steroid dienone is 3. The van der Waals surface area contributed by atoms with Crippen molar-refractivity contribution in [3.05, 3.63) is 57.5 Å². The number of hydrogen-bond donors (Lipinski definition) is 1. The average Bonchev–Trinajstić information content (AvgIpc) is 3.27. The Morgan fingerprint density at radius 3 is 2.76 bits per heavy atom. The fourth-order valence-corrected chi connectivity index (χ4v) is 7.57. The lowest BCUT2D eigenvalue weighted by Crippen LogP contribution is -2.38. The number of nitriles is 1. The van der Waals surface area contributed by atoms with Crippen LogP contribution in [0.15, 0.2) is 51.3 Å². The van der Waals surface area contributed by atoms with Gasteiger partial charge in [0.1, 0.15) is 5.82 Å². The van der Waals surface area contributed by atoms with Gasteiger partial charge in [0.05, 0.1) is 17.6 Å². The molecule has 0 bridgehead atoms. The molecule has 5 rings (SSSR count). The molecule has 0 saturated heterocycles. The Morgan fingerprint density at radius 1 is 1.18 bits per heavy atom. The summed E-state index contributed by atoms with van der Waals surface area (Å²) in [6, 6.07) is 9.60. The van der Waals surface area contributed by atoms with Crippen LogP contribution in [0.1, 0.15) is 62.8 Å². The van der Waals surface area contributed by atoms with Gasteiger partial charge in [-0.05, 0) is 43.4 Å². The summed E-state index contributed by atoms with van der Waals surface area (Å²) >= 11 is 9.52. The third kappa shape index (κ3) is 4.30. The van der Waals surface area contributed by atoms with Gasteiger partial charge in [-0.1, -0.05) is 66.1 Å². The van der Waals surface area contributed by atoms with E-state index in [2.05, 4.69) is 16.3 Å². The van der Waals surface area contributed by atoms with Crippen LogP contribution in [0.5, 0.6) is 0 Å². The predicted octanol–water partition coefficient (Wildman–Crippen LogP) is 5.92. The number of Topliss-reactive ketones (excluding diaryl/α,β-unsaturated/α-hetero) is 1. The molecule has 0 radical (unpaired) electrons. The van der Waals surface area contributed by atoms with E-state index in [0.29, 0.717) is 45.2 Å². The van der Waals surface area contributed by atoms with Crippen LogP contribution in [0.2, 0.25) is 5.02 Å². The minimum atomic E-state index is -0.517. The van der Waals surface area contributed by atoms with E-state index >= 15 is 0 Å². The predicted molar refractivity (Wildman–Crippen MR) is 132 cm³/mol. The summed E-state index contributed by atoms with van der Waals surface area (Å²) in [4.78, 5) is 15.0. The standard InChI is InChI=1S/C24H24ClN5OS2/c25-15-7-4-6-14(12-15)20-17(13-26)22(27)30(18-10-5-11-19(31)21(18)20)23-28-29-24(33-23)32-16-8-2-1-3-9-16/h4,6-7,12,16,20H,1-3,5,8-11,27H2. The number of ketones is 1. The van der Waals surface area contributed by atoms with Crippen molar-refractivity contribution in [2.24, 2.45) is 5.73 Å². The van der Waals surface area contributed by atoms with Gasteiger partial charge in [-0.2, -0.15) is 5.26 Å². The molecule has 6 nitrogen and oxygen atoms in total. The summed E-state index contributed by atoms with van der Waals surface area (Å²) in [5.41, 5.74) is 9.23. The molecule has 3 aliphatic rings. The molecular weight excluding hydrogens is 474 g/mol. The van der Waals surface area contributed by atoms with Gasteiger partial charge in [-0.25, -0.2) is 0 Å². The maximum absolute atomic E-state index is 13.2. The molecule has 1 saturated carbocycles. The van der Waals surface area contributed by atoms with Crippen LogP contribution < -0.4 is 10.6 Å². The second-order valence-electron chi connectivity index (χ2n) is 8.60. The van der Waals surface area contributed by atoms with Crippen molar-refractivity contribution in [2.75, 3.05) is 4.90 Å². The van der Waals surface area contributed by atoms with Crippen LogP contribution in [0.4, 0.5) is 5.13 Å². The Morgan fingerprint density at radius 2 is 2.00 bits per heavy atom. The fourth-order valence-electron chi connectivity index (χ4n) is 4.99. The lowest BCUT2D eigenvalue weighted by atomic mass is 9.76. The van der Waals surface area contributed by atoms with Crippen LogP contribution in [0.25, 0.3) is 0 Å². The minimum Gasteiger partial charge on any atom is -0.384 e. The Hall–Kier alpha value is -2.34. The third-order valence-corrected chi connectivity index (χ3v) is 9.07. The van der Waals surface area contributed by atoms with Crippen LogP contribution in [-0.2, 0) is 4.79 Å². The first-order chi connectivity index (χ1) is 16.1. The molecule has 1 aromatic heterocycles. The highest BCUT2D eigenvalue weighted by Crippen LogP contribution is 2.47. The van der Waals surface area contributed by atoms with Gasteiger partial charge in [-0.3, -0.25) is 9.69 Å². The monoisotopic (exact) mass is 497 g/mol. The van der Waals surface area contributed by atoms with E-state index in [1.165, 1.54) is 43.4 Å². The van der Waals surface area contributed by atoms with Crippen molar-refractivity contribution in [2.45, 2.75) is 66.9 Å². The van der Waals surface area contributed by atoms with Crippen LogP contribution >= 0.6 is 34.7 Å².